The first kappa shape index (κ1) is 13.7. The SMILES string of the molecule is NCCC1(c2ccc(Cl)cc2C(F)(F)F)CCC1. The van der Waals surface area contributed by atoms with Crippen molar-refractivity contribution in [3.05, 3.63) is 34.3 Å². The van der Waals surface area contributed by atoms with Crippen LogP contribution in [-0.4, -0.2) is 6.54 Å². The molecule has 0 amide bonds. The first-order chi connectivity index (χ1) is 8.39. The molecule has 1 fully saturated rings. The third-order valence-electron chi connectivity index (χ3n) is 3.79. The highest BCUT2D eigenvalue weighted by atomic mass is 35.5. The molecule has 1 aromatic rings. The van der Waals surface area contributed by atoms with Gasteiger partial charge in [0.25, 0.3) is 0 Å². The van der Waals surface area contributed by atoms with Gasteiger partial charge in [-0.1, -0.05) is 24.1 Å². The molecule has 100 valence electrons. The maximum atomic E-state index is 13.1. The van der Waals surface area contributed by atoms with Crippen molar-refractivity contribution in [1.29, 1.82) is 0 Å². The van der Waals surface area contributed by atoms with Crippen LogP contribution in [0.4, 0.5) is 13.2 Å². The van der Waals surface area contributed by atoms with Crippen molar-refractivity contribution in [2.24, 2.45) is 5.73 Å². The first-order valence-electron chi connectivity index (χ1n) is 5.96. The number of rotatable bonds is 3. The predicted molar refractivity (Wildman–Crippen MR) is 65.7 cm³/mol. The van der Waals surface area contributed by atoms with Gasteiger partial charge in [-0.15, -0.1) is 0 Å². The fourth-order valence-electron chi connectivity index (χ4n) is 2.75. The minimum absolute atomic E-state index is 0.119. The van der Waals surface area contributed by atoms with Crippen molar-refractivity contribution < 1.29 is 13.2 Å². The Morgan fingerprint density at radius 2 is 1.94 bits per heavy atom. The molecule has 2 rings (SSSR count). The smallest absolute Gasteiger partial charge is 0.330 e. The second kappa shape index (κ2) is 4.74. The van der Waals surface area contributed by atoms with Crippen molar-refractivity contribution in [2.45, 2.75) is 37.3 Å². The highest BCUT2D eigenvalue weighted by molar-refractivity contribution is 6.30. The normalized spacial score (nSPS) is 18.5. The van der Waals surface area contributed by atoms with Gasteiger partial charge in [0.1, 0.15) is 0 Å². The zero-order chi connectivity index (χ0) is 13.4. The van der Waals surface area contributed by atoms with Crippen molar-refractivity contribution in [1.82, 2.24) is 0 Å². The van der Waals surface area contributed by atoms with Gasteiger partial charge >= 0.3 is 6.18 Å². The van der Waals surface area contributed by atoms with Gasteiger partial charge in [0.2, 0.25) is 0 Å². The summed E-state index contributed by atoms with van der Waals surface area (Å²) in [6, 6.07) is 4.07. The van der Waals surface area contributed by atoms with E-state index in [9.17, 15) is 13.2 Å². The molecule has 0 aromatic heterocycles. The Hall–Kier alpha value is -0.740. The molecule has 0 spiro atoms. The molecular formula is C13H15ClF3N. The van der Waals surface area contributed by atoms with E-state index >= 15 is 0 Å². The summed E-state index contributed by atoms with van der Waals surface area (Å²) in [4.78, 5) is 0. The Morgan fingerprint density at radius 3 is 2.39 bits per heavy atom. The number of halogens is 4. The number of nitrogens with two attached hydrogens (primary N) is 1. The lowest BCUT2D eigenvalue weighted by Gasteiger charge is -2.43. The van der Waals surface area contributed by atoms with Gasteiger partial charge in [-0.2, -0.15) is 13.2 Å². The van der Waals surface area contributed by atoms with Crippen LogP contribution in [0.25, 0.3) is 0 Å². The van der Waals surface area contributed by atoms with Crippen LogP contribution in [-0.2, 0) is 11.6 Å². The molecule has 0 bridgehead atoms. The zero-order valence-corrected chi connectivity index (χ0v) is 10.6. The summed E-state index contributed by atoms with van der Waals surface area (Å²) in [5.74, 6) is 0. The van der Waals surface area contributed by atoms with Crippen LogP contribution in [0.2, 0.25) is 5.02 Å². The molecular weight excluding hydrogens is 263 g/mol. The number of benzene rings is 1. The molecule has 0 saturated heterocycles. The van der Waals surface area contributed by atoms with Crippen LogP contribution in [0, 0.1) is 0 Å². The van der Waals surface area contributed by atoms with Gasteiger partial charge in [-0.05, 0) is 48.9 Å². The zero-order valence-electron chi connectivity index (χ0n) is 9.86. The Kier molecular flexibility index (Phi) is 3.60. The van der Waals surface area contributed by atoms with Gasteiger partial charge in [0.15, 0.2) is 0 Å². The summed E-state index contributed by atoms with van der Waals surface area (Å²) in [5, 5.41) is 0.119. The quantitative estimate of drug-likeness (QED) is 0.883. The monoisotopic (exact) mass is 277 g/mol. The largest absolute Gasteiger partial charge is 0.416 e. The second-order valence-corrected chi connectivity index (χ2v) is 5.30. The molecule has 1 aliphatic carbocycles. The van der Waals surface area contributed by atoms with E-state index in [1.807, 2.05) is 0 Å². The average molecular weight is 278 g/mol. The molecule has 0 heterocycles. The number of hydrogen-bond acceptors (Lipinski definition) is 1. The summed E-state index contributed by atoms with van der Waals surface area (Å²) in [7, 11) is 0. The van der Waals surface area contributed by atoms with Crippen LogP contribution < -0.4 is 5.73 Å². The minimum atomic E-state index is -4.36. The molecule has 0 atom stereocenters. The number of hydrogen-bond donors (Lipinski definition) is 1. The lowest BCUT2D eigenvalue weighted by Crippen LogP contribution is -2.38. The van der Waals surface area contributed by atoms with E-state index in [4.69, 9.17) is 17.3 Å². The van der Waals surface area contributed by atoms with Crippen LogP contribution in [0.3, 0.4) is 0 Å². The molecule has 18 heavy (non-hydrogen) atoms. The van der Waals surface area contributed by atoms with Gasteiger partial charge in [0, 0.05) is 5.02 Å². The van der Waals surface area contributed by atoms with Crippen molar-refractivity contribution in [3.63, 3.8) is 0 Å². The Morgan fingerprint density at radius 1 is 1.28 bits per heavy atom. The van der Waals surface area contributed by atoms with Gasteiger partial charge in [0.05, 0.1) is 5.56 Å². The number of alkyl halides is 3. The van der Waals surface area contributed by atoms with Crippen molar-refractivity contribution in [3.8, 4) is 0 Å². The van der Waals surface area contributed by atoms with E-state index in [1.54, 1.807) is 0 Å². The van der Waals surface area contributed by atoms with E-state index < -0.39 is 17.2 Å². The highest BCUT2D eigenvalue weighted by Gasteiger charge is 2.44. The summed E-state index contributed by atoms with van der Waals surface area (Å²) in [6.07, 6.45) is -1.26. The van der Waals surface area contributed by atoms with E-state index in [0.29, 0.717) is 18.5 Å². The fourth-order valence-corrected chi connectivity index (χ4v) is 2.92. The van der Waals surface area contributed by atoms with Gasteiger partial charge in [-0.25, -0.2) is 0 Å². The molecule has 5 heteroatoms. The summed E-state index contributed by atoms with van der Waals surface area (Å²) in [5.41, 5.74) is 4.89. The fraction of sp³-hybridized carbons (Fsp3) is 0.538. The average Bonchev–Trinajstić information content (AvgIpc) is 2.22. The third-order valence-corrected chi connectivity index (χ3v) is 4.03. The first-order valence-corrected chi connectivity index (χ1v) is 6.34. The molecule has 0 unspecified atom stereocenters. The third kappa shape index (κ3) is 2.36. The molecule has 2 N–H and O–H groups in total. The second-order valence-electron chi connectivity index (χ2n) is 4.86. The summed E-state index contributed by atoms with van der Waals surface area (Å²) >= 11 is 5.69. The van der Waals surface area contributed by atoms with E-state index in [2.05, 4.69) is 0 Å². The lowest BCUT2D eigenvalue weighted by molar-refractivity contribution is -0.139. The van der Waals surface area contributed by atoms with Gasteiger partial charge < -0.3 is 5.73 Å². The Bertz CT molecular complexity index is 438. The topological polar surface area (TPSA) is 26.0 Å². The summed E-state index contributed by atoms with van der Waals surface area (Å²) in [6.45, 7) is 0.403. The highest BCUT2D eigenvalue weighted by Crippen LogP contribution is 2.50. The van der Waals surface area contributed by atoms with Crippen LogP contribution in [0.1, 0.15) is 36.8 Å². The van der Waals surface area contributed by atoms with E-state index in [0.717, 1.165) is 25.3 Å². The Balaban J connectivity index is 2.50. The Labute approximate surface area is 109 Å². The van der Waals surface area contributed by atoms with Crippen LogP contribution >= 0.6 is 11.6 Å². The molecule has 0 aliphatic heterocycles. The standard InChI is InChI=1S/C13H15ClF3N/c14-9-2-3-10(11(8-9)13(15,16)17)12(6-7-18)4-1-5-12/h2-3,8H,1,4-7,18H2. The van der Waals surface area contributed by atoms with Gasteiger partial charge in [-0.3, -0.25) is 0 Å². The summed E-state index contributed by atoms with van der Waals surface area (Å²) < 4.78 is 39.2. The lowest BCUT2D eigenvalue weighted by atomic mass is 9.61. The van der Waals surface area contributed by atoms with Crippen molar-refractivity contribution in [2.75, 3.05) is 6.54 Å². The van der Waals surface area contributed by atoms with E-state index in [-0.39, 0.29) is 5.02 Å². The molecule has 1 saturated carbocycles. The van der Waals surface area contributed by atoms with E-state index in [1.165, 1.54) is 12.1 Å². The maximum absolute atomic E-state index is 13.1. The van der Waals surface area contributed by atoms with Crippen molar-refractivity contribution >= 4 is 11.6 Å². The molecule has 1 aliphatic rings. The minimum Gasteiger partial charge on any atom is -0.330 e. The van der Waals surface area contributed by atoms with Crippen LogP contribution in [0.5, 0.6) is 0 Å². The maximum Gasteiger partial charge on any atom is 0.416 e. The predicted octanol–water partition coefficient (Wildman–Crippen LogP) is 4.13. The molecule has 0 radical (unpaired) electrons. The molecule has 1 nitrogen and oxygen atoms in total. The molecule has 1 aromatic carbocycles. The van der Waals surface area contributed by atoms with Crippen LogP contribution in [0.15, 0.2) is 18.2 Å².